The van der Waals surface area contributed by atoms with Crippen LogP contribution in [0.25, 0.3) is 0 Å². The molecule has 0 aromatic heterocycles. The molecule has 1 amide bonds. The van der Waals surface area contributed by atoms with Crippen molar-refractivity contribution in [3.63, 3.8) is 0 Å². The zero-order valence-electron chi connectivity index (χ0n) is 19.5. The average molecular weight is 500 g/mol. The number of ether oxygens (including phenoxy) is 2. The molecule has 0 unspecified atom stereocenters. The van der Waals surface area contributed by atoms with Crippen LogP contribution in [0.1, 0.15) is 24.2 Å². The fourth-order valence-electron chi connectivity index (χ4n) is 3.45. The molecule has 0 radical (unpaired) electrons. The van der Waals surface area contributed by atoms with Crippen molar-refractivity contribution in [1.82, 2.24) is 0 Å². The predicted octanol–water partition coefficient (Wildman–Crippen LogP) is 4.49. The number of sulfonamides is 1. The minimum Gasteiger partial charge on any atom is -0.486 e. The van der Waals surface area contributed by atoms with E-state index in [0.717, 1.165) is 0 Å². The molecular formula is C25H26FN3O5S. The predicted molar refractivity (Wildman–Crippen MR) is 133 cm³/mol. The maximum atomic E-state index is 14.5. The van der Waals surface area contributed by atoms with Crippen molar-refractivity contribution >= 4 is 33.0 Å². The Morgan fingerprint density at radius 3 is 2.26 bits per heavy atom. The quantitative estimate of drug-likeness (QED) is 0.497. The Balaban J connectivity index is 1.43. The Bertz CT molecular complexity index is 1340. The van der Waals surface area contributed by atoms with Crippen LogP contribution in [0.2, 0.25) is 0 Å². The van der Waals surface area contributed by atoms with Crippen molar-refractivity contribution in [2.45, 2.75) is 24.8 Å². The molecule has 35 heavy (non-hydrogen) atoms. The first-order valence-corrected chi connectivity index (χ1v) is 12.5. The van der Waals surface area contributed by atoms with Gasteiger partial charge < -0.3 is 19.7 Å². The van der Waals surface area contributed by atoms with E-state index in [4.69, 9.17) is 9.47 Å². The summed E-state index contributed by atoms with van der Waals surface area (Å²) in [7, 11) is -2.09. The first-order chi connectivity index (χ1) is 16.6. The molecule has 0 bridgehead atoms. The summed E-state index contributed by atoms with van der Waals surface area (Å²) in [4.78, 5) is 14.4. The van der Waals surface area contributed by atoms with Gasteiger partial charge in [0.1, 0.15) is 19.0 Å². The van der Waals surface area contributed by atoms with Gasteiger partial charge in [0, 0.05) is 36.1 Å². The second-order valence-corrected chi connectivity index (χ2v) is 10.00. The van der Waals surface area contributed by atoms with Crippen LogP contribution in [0.15, 0.2) is 65.6 Å². The number of rotatable bonds is 7. The third-order valence-corrected chi connectivity index (χ3v) is 6.96. The molecule has 3 aromatic carbocycles. The molecule has 0 aliphatic carbocycles. The molecule has 1 aliphatic rings. The van der Waals surface area contributed by atoms with Gasteiger partial charge in [0.2, 0.25) is 0 Å². The van der Waals surface area contributed by atoms with Crippen molar-refractivity contribution in [2.24, 2.45) is 0 Å². The Kier molecular flexibility index (Phi) is 6.83. The van der Waals surface area contributed by atoms with Crippen molar-refractivity contribution in [3.8, 4) is 11.5 Å². The zero-order valence-corrected chi connectivity index (χ0v) is 20.4. The molecule has 0 saturated carbocycles. The summed E-state index contributed by atoms with van der Waals surface area (Å²) in [5, 5.41) is 2.66. The number of hydrogen-bond acceptors (Lipinski definition) is 6. The summed E-state index contributed by atoms with van der Waals surface area (Å²) >= 11 is 0. The lowest BCUT2D eigenvalue weighted by molar-refractivity contribution is 0.102. The van der Waals surface area contributed by atoms with Gasteiger partial charge in [-0.2, -0.15) is 0 Å². The maximum absolute atomic E-state index is 14.5. The van der Waals surface area contributed by atoms with Crippen LogP contribution in [0.4, 0.5) is 21.5 Å². The highest BCUT2D eigenvalue weighted by atomic mass is 32.2. The van der Waals surface area contributed by atoms with E-state index in [2.05, 4.69) is 10.0 Å². The fraction of sp³-hybridized carbons (Fsp3) is 0.240. The van der Waals surface area contributed by atoms with Crippen molar-refractivity contribution in [2.75, 3.05) is 35.2 Å². The van der Waals surface area contributed by atoms with Crippen LogP contribution in [0.3, 0.4) is 0 Å². The minimum absolute atomic E-state index is 0.0251. The normalized spacial score (nSPS) is 12.8. The van der Waals surface area contributed by atoms with Gasteiger partial charge in [-0.15, -0.1) is 0 Å². The maximum Gasteiger partial charge on any atom is 0.262 e. The molecule has 10 heteroatoms. The molecule has 1 heterocycles. The SMILES string of the molecule is CC(C)N(C)c1ccc(NC(=O)c2ccc(NS(=O)(=O)c3ccc4c(c3)OCCO4)cc2)cc1F. The Morgan fingerprint density at radius 2 is 1.60 bits per heavy atom. The molecule has 184 valence electrons. The van der Waals surface area contributed by atoms with Crippen molar-refractivity contribution in [1.29, 1.82) is 0 Å². The summed E-state index contributed by atoms with van der Waals surface area (Å²) in [5.41, 5.74) is 1.32. The molecule has 0 fully saturated rings. The van der Waals surface area contributed by atoms with Crippen LogP contribution in [-0.2, 0) is 10.0 Å². The van der Waals surface area contributed by atoms with Crippen molar-refractivity contribution < 1.29 is 27.1 Å². The number of fused-ring (bicyclic) bond motifs is 1. The average Bonchev–Trinajstić information content (AvgIpc) is 2.83. The number of nitrogens with zero attached hydrogens (tertiary/aromatic N) is 1. The highest BCUT2D eigenvalue weighted by Crippen LogP contribution is 2.33. The zero-order chi connectivity index (χ0) is 25.2. The molecule has 0 atom stereocenters. The second-order valence-electron chi connectivity index (χ2n) is 8.31. The molecular weight excluding hydrogens is 473 g/mol. The van der Waals surface area contributed by atoms with E-state index < -0.39 is 21.7 Å². The summed E-state index contributed by atoms with van der Waals surface area (Å²) in [5.74, 6) is -0.0306. The van der Waals surface area contributed by atoms with E-state index >= 15 is 0 Å². The second kappa shape index (κ2) is 9.83. The number of carbonyl (C=O) groups excluding carboxylic acids is 1. The molecule has 0 spiro atoms. The standard InChI is InChI=1S/C25H26FN3O5S/c1-16(2)29(3)22-10-8-19(14-21(22)26)27-25(30)17-4-6-18(7-5-17)28-35(31,32)20-9-11-23-24(15-20)34-13-12-33-23/h4-11,14-16,28H,12-13H2,1-3H3,(H,27,30). The number of halogens is 1. The summed E-state index contributed by atoms with van der Waals surface area (Å²) in [6.07, 6.45) is 0. The molecule has 2 N–H and O–H groups in total. The van der Waals surface area contributed by atoms with E-state index in [1.807, 2.05) is 13.8 Å². The third-order valence-electron chi connectivity index (χ3n) is 5.58. The molecule has 0 saturated heterocycles. The summed E-state index contributed by atoms with van der Waals surface area (Å²) < 4.78 is 53.4. The number of benzene rings is 3. The molecule has 1 aliphatic heterocycles. The van der Waals surface area contributed by atoms with E-state index in [9.17, 15) is 17.6 Å². The first-order valence-electron chi connectivity index (χ1n) is 11.0. The molecule has 4 rings (SSSR count). The Hall–Kier alpha value is -3.79. The van der Waals surface area contributed by atoms with Crippen LogP contribution < -0.4 is 24.4 Å². The lowest BCUT2D eigenvalue weighted by Gasteiger charge is -2.24. The van der Waals surface area contributed by atoms with Crippen LogP contribution in [0, 0.1) is 5.82 Å². The number of carbonyl (C=O) groups is 1. The number of hydrogen-bond donors (Lipinski definition) is 2. The number of nitrogens with one attached hydrogen (secondary N) is 2. The van der Waals surface area contributed by atoms with E-state index in [1.165, 1.54) is 42.5 Å². The smallest absolute Gasteiger partial charge is 0.262 e. The third kappa shape index (κ3) is 5.48. The van der Waals surface area contributed by atoms with Gasteiger partial charge >= 0.3 is 0 Å². The van der Waals surface area contributed by atoms with Gasteiger partial charge in [-0.25, -0.2) is 12.8 Å². The minimum atomic E-state index is -3.88. The van der Waals surface area contributed by atoms with Crippen molar-refractivity contribution in [3.05, 3.63) is 72.0 Å². The van der Waals surface area contributed by atoms with Gasteiger partial charge in [-0.3, -0.25) is 9.52 Å². The monoisotopic (exact) mass is 499 g/mol. The summed E-state index contributed by atoms with van der Waals surface area (Å²) in [6, 6.07) is 14.9. The van der Waals surface area contributed by atoms with E-state index in [1.54, 1.807) is 30.1 Å². The first kappa shape index (κ1) is 24.3. The lowest BCUT2D eigenvalue weighted by atomic mass is 10.2. The van der Waals surface area contributed by atoms with Gasteiger partial charge in [0.25, 0.3) is 15.9 Å². The van der Waals surface area contributed by atoms with Gasteiger partial charge in [-0.05, 0) is 68.4 Å². The highest BCUT2D eigenvalue weighted by Gasteiger charge is 2.20. The largest absolute Gasteiger partial charge is 0.486 e. The van der Waals surface area contributed by atoms with Crippen LogP contribution in [-0.4, -0.2) is 40.6 Å². The molecule has 8 nitrogen and oxygen atoms in total. The Labute approximate surface area is 203 Å². The number of amides is 1. The lowest BCUT2D eigenvalue weighted by Crippen LogP contribution is -2.26. The molecule has 3 aromatic rings. The number of anilines is 3. The van der Waals surface area contributed by atoms with Crippen LogP contribution >= 0.6 is 0 Å². The topological polar surface area (TPSA) is 97.0 Å². The van der Waals surface area contributed by atoms with Crippen LogP contribution in [0.5, 0.6) is 11.5 Å². The van der Waals surface area contributed by atoms with E-state index in [0.29, 0.717) is 36.1 Å². The van der Waals surface area contributed by atoms with Gasteiger partial charge in [-0.1, -0.05) is 0 Å². The van der Waals surface area contributed by atoms with Gasteiger partial charge in [0.15, 0.2) is 11.5 Å². The Morgan fingerprint density at radius 1 is 0.943 bits per heavy atom. The van der Waals surface area contributed by atoms with Gasteiger partial charge in [0.05, 0.1) is 10.6 Å². The van der Waals surface area contributed by atoms with E-state index in [-0.39, 0.29) is 22.2 Å². The highest BCUT2D eigenvalue weighted by molar-refractivity contribution is 7.92. The fourth-order valence-corrected chi connectivity index (χ4v) is 4.52. The summed E-state index contributed by atoms with van der Waals surface area (Å²) in [6.45, 7) is 4.66.